The van der Waals surface area contributed by atoms with Gasteiger partial charge in [-0.05, 0) is 30.0 Å². The Balaban J connectivity index is 2.32. The van der Waals surface area contributed by atoms with Crippen LogP contribution in [0.1, 0.15) is 45.1 Å². The fraction of sp³-hybridized carbons (Fsp3) is 0.562. The average Bonchev–Trinajstić information content (AvgIpc) is 2.42. The monoisotopic (exact) mass is 262 g/mol. The zero-order chi connectivity index (χ0) is 14.1. The summed E-state index contributed by atoms with van der Waals surface area (Å²) in [5.74, 6) is 0.704. The zero-order valence-electron chi connectivity index (χ0n) is 12.1. The summed E-state index contributed by atoms with van der Waals surface area (Å²) in [6.07, 6.45) is 5.23. The molecule has 0 aliphatic rings. The van der Waals surface area contributed by atoms with Crippen molar-refractivity contribution in [3.05, 3.63) is 29.8 Å². The first kappa shape index (κ1) is 15.5. The van der Waals surface area contributed by atoms with Crippen LogP contribution in [0.2, 0.25) is 0 Å². The Morgan fingerprint density at radius 3 is 2.53 bits per heavy atom. The molecule has 1 aromatic carbocycles. The van der Waals surface area contributed by atoms with Gasteiger partial charge in [-0.15, -0.1) is 0 Å². The molecule has 1 atom stereocenters. The van der Waals surface area contributed by atoms with Crippen LogP contribution in [0.25, 0.3) is 0 Å². The van der Waals surface area contributed by atoms with Crippen molar-refractivity contribution < 1.29 is 4.79 Å². The summed E-state index contributed by atoms with van der Waals surface area (Å²) >= 11 is 0. The van der Waals surface area contributed by atoms with Crippen molar-refractivity contribution in [2.45, 2.75) is 46.0 Å². The van der Waals surface area contributed by atoms with Gasteiger partial charge in [0.1, 0.15) is 0 Å². The molecular weight excluding hydrogens is 236 g/mol. The van der Waals surface area contributed by atoms with E-state index in [2.05, 4.69) is 19.2 Å². The molecule has 0 fully saturated rings. The molecule has 1 amide bonds. The number of anilines is 1. The molecule has 0 heterocycles. The Bertz CT molecular complexity index is 373. The fourth-order valence-electron chi connectivity index (χ4n) is 2.08. The minimum Gasteiger partial charge on any atom is -0.399 e. The summed E-state index contributed by atoms with van der Waals surface area (Å²) in [4.78, 5) is 11.8. The summed E-state index contributed by atoms with van der Waals surface area (Å²) in [6, 6.07) is 7.48. The molecule has 0 spiro atoms. The molecule has 0 radical (unpaired) electrons. The van der Waals surface area contributed by atoms with E-state index in [4.69, 9.17) is 5.73 Å². The largest absolute Gasteiger partial charge is 0.399 e. The van der Waals surface area contributed by atoms with E-state index in [-0.39, 0.29) is 5.91 Å². The molecule has 0 aromatic heterocycles. The fourth-order valence-corrected chi connectivity index (χ4v) is 2.08. The number of nitrogens with two attached hydrogens (primary N) is 1. The third kappa shape index (κ3) is 6.27. The predicted molar refractivity (Wildman–Crippen MR) is 80.9 cm³/mol. The number of hydrogen-bond acceptors (Lipinski definition) is 2. The Labute approximate surface area is 116 Å². The SMILES string of the molecule is CCCCC(CC)CNC(=O)Cc1ccc(N)cc1. The number of rotatable bonds is 8. The molecule has 3 nitrogen and oxygen atoms in total. The highest BCUT2D eigenvalue weighted by atomic mass is 16.1. The molecule has 1 unspecified atom stereocenters. The highest BCUT2D eigenvalue weighted by Gasteiger charge is 2.08. The molecule has 0 saturated heterocycles. The van der Waals surface area contributed by atoms with Gasteiger partial charge in [-0.25, -0.2) is 0 Å². The van der Waals surface area contributed by atoms with E-state index in [0.29, 0.717) is 12.3 Å². The standard InChI is InChI=1S/C16H26N2O/c1-3-5-6-13(4-2)12-18-16(19)11-14-7-9-15(17)10-8-14/h7-10,13H,3-6,11-12,17H2,1-2H3,(H,18,19). The molecule has 0 bridgehead atoms. The summed E-state index contributed by atoms with van der Waals surface area (Å²) in [6.45, 7) is 5.18. The van der Waals surface area contributed by atoms with E-state index in [1.165, 1.54) is 19.3 Å². The average molecular weight is 262 g/mol. The third-order valence-electron chi connectivity index (χ3n) is 3.48. The Hall–Kier alpha value is -1.51. The van der Waals surface area contributed by atoms with Gasteiger partial charge in [0, 0.05) is 12.2 Å². The van der Waals surface area contributed by atoms with Crippen LogP contribution in [0.4, 0.5) is 5.69 Å². The number of carbonyl (C=O) groups excluding carboxylic acids is 1. The van der Waals surface area contributed by atoms with Crippen molar-refractivity contribution in [3.8, 4) is 0 Å². The number of carbonyl (C=O) groups is 1. The number of nitrogens with one attached hydrogen (secondary N) is 1. The lowest BCUT2D eigenvalue weighted by atomic mass is 9.99. The van der Waals surface area contributed by atoms with Gasteiger partial charge < -0.3 is 11.1 Å². The van der Waals surface area contributed by atoms with E-state index in [9.17, 15) is 4.79 Å². The lowest BCUT2D eigenvalue weighted by Crippen LogP contribution is -2.30. The van der Waals surface area contributed by atoms with Crippen LogP contribution in [0.15, 0.2) is 24.3 Å². The molecule has 0 aliphatic heterocycles. The topological polar surface area (TPSA) is 55.1 Å². The maximum Gasteiger partial charge on any atom is 0.224 e. The molecule has 3 heteroatoms. The molecular formula is C16H26N2O. The Kier molecular flexibility index (Phi) is 7.01. The summed E-state index contributed by atoms with van der Waals surface area (Å²) < 4.78 is 0. The van der Waals surface area contributed by atoms with Crippen LogP contribution < -0.4 is 11.1 Å². The van der Waals surface area contributed by atoms with Crippen molar-refractivity contribution in [1.29, 1.82) is 0 Å². The van der Waals surface area contributed by atoms with Crippen molar-refractivity contribution in [2.75, 3.05) is 12.3 Å². The highest BCUT2D eigenvalue weighted by Crippen LogP contribution is 2.11. The van der Waals surface area contributed by atoms with Gasteiger partial charge in [-0.3, -0.25) is 4.79 Å². The van der Waals surface area contributed by atoms with Crippen LogP contribution in [-0.4, -0.2) is 12.5 Å². The van der Waals surface area contributed by atoms with Crippen LogP contribution in [0.3, 0.4) is 0 Å². The second-order valence-electron chi connectivity index (χ2n) is 5.14. The molecule has 1 rings (SSSR count). The van der Waals surface area contributed by atoms with Gasteiger partial charge in [-0.2, -0.15) is 0 Å². The van der Waals surface area contributed by atoms with Crippen LogP contribution in [0.5, 0.6) is 0 Å². The summed E-state index contributed by atoms with van der Waals surface area (Å²) in [7, 11) is 0. The second-order valence-corrected chi connectivity index (χ2v) is 5.14. The summed E-state index contributed by atoms with van der Waals surface area (Å²) in [5, 5.41) is 3.04. The maximum atomic E-state index is 11.8. The third-order valence-corrected chi connectivity index (χ3v) is 3.48. The van der Waals surface area contributed by atoms with Crippen molar-refractivity contribution >= 4 is 11.6 Å². The number of nitrogen functional groups attached to an aromatic ring is 1. The molecule has 19 heavy (non-hydrogen) atoms. The lowest BCUT2D eigenvalue weighted by molar-refractivity contribution is -0.120. The number of hydrogen-bond donors (Lipinski definition) is 2. The maximum absolute atomic E-state index is 11.8. The van der Waals surface area contributed by atoms with E-state index < -0.39 is 0 Å². The first-order valence-corrected chi connectivity index (χ1v) is 7.26. The van der Waals surface area contributed by atoms with Gasteiger partial charge in [-0.1, -0.05) is 45.2 Å². The zero-order valence-corrected chi connectivity index (χ0v) is 12.1. The van der Waals surface area contributed by atoms with Crippen molar-refractivity contribution in [3.63, 3.8) is 0 Å². The molecule has 106 valence electrons. The van der Waals surface area contributed by atoms with Gasteiger partial charge in [0.2, 0.25) is 5.91 Å². The first-order valence-electron chi connectivity index (χ1n) is 7.26. The molecule has 0 saturated carbocycles. The minimum atomic E-state index is 0.0970. The predicted octanol–water partition coefficient (Wildman–Crippen LogP) is 3.14. The van der Waals surface area contributed by atoms with Crippen LogP contribution in [-0.2, 0) is 11.2 Å². The number of unbranched alkanes of at least 4 members (excludes halogenated alkanes) is 1. The first-order chi connectivity index (χ1) is 9.15. The van der Waals surface area contributed by atoms with Crippen molar-refractivity contribution in [2.24, 2.45) is 5.92 Å². The van der Waals surface area contributed by atoms with E-state index >= 15 is 0 Å². The quantitative estimate of drug-likeness (QED) is 0.707. The lowest BCUT2D eigenvalue weighted by Gasteiger charge is -2.15. The Morgan fingerprint density at radius 2 is 1.95 bits per heavy atom. The molecule has 0 aliphatic carbocycles. The van der Waals surface area contributed by atoms with E-state index in [1.54, 1.807) is 0 Å². The van der Waals surface area contributed by atoms with Gasteiger partial charge in [0.05, 0.1) is 6.42 Å². The van der Waals surface area contributed by atoms with Crippen LogP contribution in [0, 0.1) is 5.92 Å². The summed E-state index contributed by atoms with van der Waals surface area (Å²) in [5.41, 5.74) is 7.36. The van der Waals surface area contributed by atoms with Gasteiger partial charge >= 0.3 is 0 Å². The van der Waals surface area contributed by atoms with Gasteiger partial charge in [0.15, 0.2) is 0 Å². The second kappa shape index (κ2) is 8.57. The van der Waals surface area contributed by atoms with Crippen molar-refractivity contribution in [1.82, 2.24) is 5.32 Å². The Morgan fingerprint density at radius 1 is 1.26 bits per heavy atom. The normalized spacial score (nSPS) is 12.1. The minimum absolute atomic E-state index is 0.0970. The van der Waals surface area contributed by atoms with Gasteiger partial charge in [0.25, 0.3) is 0 Å². The van der Waals surface area contributed by atoms with E-state index in [1.807, 2.05) is 24.3 Å². The molecule has 1 aromatic rings. The number of benzene rings is 1. The van der Waals surface area contributed by atoms with Crippen LogP contribution >= 0.6 is 0 Å². The number of amides is 1. The highest BCUT2D eigenvalue weighted by molar-refractivity contribution is 5.78. The molecule has 3 N–H and O–H groups in total. The smallest absolute Gasteiger partial charge is 0.224 e. The van der Waals surface area contributed by atoms with E-state index in [0.717, 1.165) is 24.2 Å².